The molecule has 2 heterocycles. The molecule has 0 spiro atoms. The Morgan fingerprint density at radius 1 is 1.50 bits per heavy atom. The molecule has 2 aliphatic rings. The maximum atomic E-state index is 13.4. The van der Waals surface area contributed by atoms with Gasteiger partial charge in [-0.05, 0) is 24.7 Å². The number of rotatable bonds is 4. The lowest BCUT2D eigenvalue weighted by Gasteiger charge is -2.16. The summed E-state index contributed by atoms with van der Waals surface area (Å²) in [5.74, 6) is -0.468. The highest BCUT2D eigenvalue weighted by Crippen LogP contribution is 2.44. The van der Waals surface area contributed by atoms with Gasteiger partial charge in [0.05, 0.1) is 12.1 Å². The normalized spacial score (nSPS) is 25.8. The predicted octanol–water partition coefficient (Wildman–Crippen LogP) is 1.20. The molecule has 1 saturated heterocycles. The molecule has 0 bridgehead atoms. The number of carboxylic acids is 1. The van der Waals surface area contributed by atoms with Crippen LogP contribution in [0.2, 0.25) is 0 Å². The van der Waals surface area contributed by atoms with E-state index in [1.807, 2.05) is 4.90 Å². The lowest BCUT2D eigenvalue weighted by molar-refractivity contribution is -0.142. The highest BCUT2D eigenvalue weighted by Gasteiger charge is 2.46. The van der Waals surface area contributed by atoms with Gasteiger partial charge in [-0.25, -0.2) is 9.37 Å². The Kier molecular flexibility index (Phi) is 3.19. The van der Waals surface area contributed by atoms with Crippen LogP contribution in [-0.2, 0) is 4.79 Å². The number of aliphatic carboxylic acids is 1. The summed E-state index contributed by atoms with van der Waals surface area (Å²) in [5, 5.41) is 12.0. The third-order valence-corrected chi connectivity index (χ3v) is 4.16. The van der Waals surface area contributed by atoms with Gasteiger partial charge in [-0.15, -0.1) is 0 Å². The van der Waals surface area contributed by atoms with Gasteiger partial charge in [0.15, 0.2) is 11.6 Å². The third-order valence-electron chi connectivity index (χ3n) is 4.16. The summed E-state index contributed by atoms with van der Waals surface area (Å²) in [6.07, 6.45) is 3.33. The SMILES string of the molecule is CNc1nc(N2C[C@@H](C(=O)O)[C@H](C3CC3)C2)ncc1F. The first kappa shape index (κ1) is 13.1. The number of hydrogen-bond donors (Lipinski definition) is 2. The topological polar surface area (TPSA) is 78.4 Å². The lowest BCUT2D eigenvalue weighted by atomic mass is 9.92. The Labute approximate surface area is 116 Å². The van der Waals surface area contributed by atoms with Crippen LogP contribution in [0.3, 0.4) is 0 Å². The summed E-state index contributed by atoms with van der Waals surface area (Å²) in [6, 6.07) is 0. The van der Waals surface area contributed by atoms with Crippen molar-refractivity contribution in [3.63, 3.8) is 0 Å². The van der Waals surface area contributed by atoms with Gasteiger partial charge in [0.1, 0.15) is 0 Å². The van der Waals surface area contributed by atoms with Crippen LogP contribution in [0.25, 0.3) is 0 Å². The number of nitrogens with one attached hydrogen (secondary N) is 1. The van der Waals surface area contributed by atoms with Crippen LogP contribution < -0.4 is 10.2 Å². The fraction of sp³-hybridized carbons (Fsp3) is 0.615. The number of carboxylic acid groups (broad SMARTS) is 1. The van der Waals surface area contributed by atoms with E-state index in [0.717, 1.165) is 19.0 Å². The lowest BCUT2D eigenvalue weighted by Crippen LogP contribution is -2.25. The third kappa shape index (κ3) is 2.28. The van der Waals surface area contributed by atoms with Crippen molar-refractivity contribution in [1.29, 1.82) is 0 Å². The molecule has 2 N–H and O–H groups in total. The van der Waals surface area contributed by atoms with E-state index in [4.69, 9.17) is 0 Å². The van der Waals surface area contributed by atoms with Gasteiger partial charge in [-0.1, -0.05) is 0 Å². The molecule has 1 aliphatic heterocycles. The molecule has 7 heteroatoms. The van der Waals surface area contributed by atoms with Crippen LogP contribution >= 0.6 is 0 Å². The maximum absolute atomic E-state index is 13.4. The minimum atomic E-state index is -0.764. The van der Waals surface area contributed by atoms with E-state index in [9.17, 15) is 14.3 Å². The number of carbonyl (C=O) groups is 1. The van der Waals surface area contributed by atoms with Gasteiger partial charge < -0.3 is 15.3 Å². The van der Waals surface area contributed by atoms with E-state index in [2.05, 4.69) is 15.3 Å². The fourth-order valence-corrected chi connectivity index (χ4v) is 2.94. The first-order chi connectivity index (χ1) is 9.60. The molecular weight excluding hydrogens is 263 g/mol. The molecule has 1 aliphatic carbocycles. The van der Waals surface area contributed by atoms with E-state index in [1.165, 1.54) is 0 Å². The summed E-state index contributed by atoms with van der Waals surface area (Å²) in [7, 11) is 1.59. The Morgan fingerprint density at radius 3 is 2.85 bits per heavy atom. The predicted molar refractivity (Wildman–Crippen MR) is 71.1 cm³/mol. The minimum absolute atomic E-state index is 0.136. The highest BCUT2D eigenvalue weighted by molar-refractivity contribution is 5.72. The molecule has 0 aromatic carbocycles. The number of anilines is 2. The zero-order valence-electron chi connectivity index (χ0n) is 11.2. The quantitative estimate of drug-likeness (QED) is 0.863. The number of halogens is 1. The van der Waals surface area contributed by atoms with E-state index in [-0.39, 0.29) is 17.7 Å². The first-order valence-corrected chi connectivity index (χ1v) is 6.78. The van der Waals surface area contributed by atoms with Crippen molar-refractivity contribution in [2.75, 3.05) is 30.4 Å². The molecule has 0 radical (unpaired) electrons. The summed E-state index contributed by atoms with van der Waals surface area (Å²) < 4.78 is 13.4. The summed E-state index contributed by atoms with van der Waals surface area (Å²) in [5.41, 5.74) is 0. The van der Waals surface area contributed by atoms with Gasteiger partial charge in [-0.2, -0.15) is 4.98 Å². The second-order valence-corrected chi connectivity index (χ2v) is 5.47. The molecule has 2 atom stereocenters. The molecule has 1 aromatic heterocycles. The van der Waals surface area contributed by atoms with Crippen LogP contribution in [0, 0.1) is 23.6 Å². The van der Waals surface area contributed by atoms with Crippen LogP contribution in [0.4, 0.5) is 16.2 Å². The minimum Gasteiger partial charge on any atom is -0.481 e. The van der Waals surface area contributed by atoms with E-state index < -0.39 is 11.8 Å². The van der Waals surface area contributed by atoms with Gasteiger partial charge in [0, 0.05) is 20.1 Å². The summed E-state index contributed by atoms with van der Waals surface area (Å²) in [6.45, 7) is 1.03. The van der Waals surface area contributed by atoms with Crippen LogP contribution in [0.15, 0.2) is 6.20 Å². The van der Waals surface area contributed by atoms with Crippen LogP contribution in [0.5, 0.6) is 0 Å². The van der Waals surface area contributed by atoms with Crippen LogP contribution in [-0.4, -0.2) is 41.2 Å². The zero-order chi connectivity index (χ0) is 14.3. The molecule has 20 heavy (non-hydrogen) atoms. The Bertz CT molecular complexity index is 535. The van der Waals surface area contributed by atoms with Crippen LogP contribution in [0.1, 0.15) is 12.8 Å². The fourth-order valence-electron chi connectivity index (χ4n) is 2.94. The number of aromatic nitrogens is 2. The largest absolute Gasteiger partial charge is 0.481 e. The molecule has 1 aromatic rings. The second-order valence-electron chi connectivity index (χ2n) is 5.47. The molecular formula is C13H17FN4O2. The average Bonchev–Trinajstić information content (AvgIpc) is 3.18. The van der Waals surface area contributed by atoms with Gasteiger partial charge >= 0.3 is 5.97 Å². The van der Waals surface area contributed by atoms with Crippen molar-refractivity contribution in [1.82, 2.24) is 9.97 Å². The molecule has 0 unspecified atom stereocenters. The number of nitrogens with zero attached hydrogens (tertiary/aromatic N) is 3. The first-order valence-electron chi connectivity index (χ1n) is 6.78. The maximum Gasteiger partial charge on any atom is 0.308 e. The van der Waals surface area contributed by atoms with E-state index in [0.29, 0.717) is 25.0 Å². The molecule has 2 fully saturated rings. The van der Waals surface area contributed by atoms with Gasteiger partial charge in [-0.3, -0.25) is 4.79 Å². The van der Waals surface area contributed by atoms with Crippen molar-refractivity contribution < 1.29 is 14.3 Å². The Balaban J connectivity index is 1.82. The van der Waals surface area contributed by atoms with Gasteiger partial charge in [0.2, 0.25) is 5.95 Å². The standard InChI is InChI=1S/C13H17FN4O2/c1-15-11-10(14)4-16-13(17-11)18-5-8(7-2-3-7)9(6-18)12(19)20/h4,7-9H,2-3,5-6H2,1H3,(H,19,20)(H,15,16,17)/t8-,9+/m0/s1. The van der Waals surface area contributed by atoms with Gasteiger partial charge in [0.25, 0.3) is 0 Å². The van der Waals surface area contributed by atoms with Crippen molar-refractivity contribution in [2.24, 2.45) is 17.8 Å². The van der Waals surface area contributed by atoms with Crippen molar-refractivity contribution >= 4 is 17.7 Å². The smallest absolute Gasteiger partial charge is 0.308 e. The summed E-state index contributed by atoms with van der Waals surface area (Å²) in [4.78, 5) is 21.3. The second kappa shape index (κ2) is 4.88. The molecule has 0 amide bonds. The van der Waals surface area contributed by atoms with E-state index in [1.54, 1.807) is 7.05 Å². The zero-order valence-corrected chi connectivity index (χ0v) is 11.2. The monoisotopic (exact) mass is 280 g/mol. The van der Waals surface area contributed by atoms with Crippen molar-refractivity contribution in [2.45, 2.75) is 12.8 Å². The van der Waals surface area contributed by atoms with Crippen molar-refractivity contribution in [3.05, 3.63) is 12.0 Å². The average molecular weight is 280 g/mol. The summed E-state index contributed by atoms with van der Waals surface area (Å²) >= 11 is 0. The number of hydrogen-bond acceptors (Lipinski definition) is 5. The molecule has 108 valence electrons. The molecule has 6 nitrogen and oxygen atoms in total. The van der Waals surface area contributed by atoms with Crippen molar-refractivity contribution in [3.8, 4) is 0 Å². The molecule has 1 saturated carbocycles. The Hall–Kier alpha value is -1.92. The molecule has 3 rings (SSSR count). The van der Waals surface area contributed by atoms with E-state index >= 15 is 0 Å². The highest BCUT2D eigenvalue weighted by atomic mass is 19.1. The Morgan fingerprint density at radius 2 is 2.25 bits per heavy atom.